The molecule has 2 aliphatic rings. The monoisotopic (exact) mass is 291 g/mol. The van der Waals surface area contributed by atoms with Gasteiger partial charge in [0.2, 0.25) is 0 Å². The van der Waals surface area contributed by atoms with Crippen LogP contribution in [0.1, 0.15) is 75.8 Å². The van der Waals surface area contributed by atoms with Crippen molar-refractivity contribution in [1.82, 2.24) is 15.4 Å². The van der Waals surface area contributed by atoms with Crippen LogP contribution in [0.25, 0.3) is 0 Å². The van der Waals surface area contributed by atoms with Gasteiger partial charge in [-0.2, -0.15) is 0 Å². The Labute approximate surface area is 126 Å². The quantitative estimate of drug-likeness (QED) is 0.926. The Morgan fingerprint density at radius 2 is 2.10 bits per heavy atom. The second-order valence-electron chi connectivity index (χ2n) is 6.59. The van der Waals surface area contributed by atoms with Gasteiger partial charge in [0.05, 0.1) is 11.7 Å². The molecule has 0 aromatic carbocycles. The van der Waals surface area contributed by atoms with E-state index in [0.717, 1.165) is 43.7 Å². The summed E-state index contributed by atoms with van der Waals surface area (Å²) < 4.78 is 5.49. The molecular formula is C16H25N3O2. The number of nitrogens with zero attached hydrogens (tertiary/aromatic N) is 2. The van der Waals surface area contributed by atoms with E-state index in [2.05, 4.69) is 24.3 Å². The molecule has 1 aromatic heterocycles. The van der Waals surface area contributed by atoms with Gasteiger partial charge in [0, 0.05) is 18.7 Å². The highest BCUT2D eigenvalue weighted by Gasteiger charge is 2.34. The van der Waals surface area contributed by atoms with E-state index in [0.29, 0.717) is 12.0 Å². The minimum Gasteiger partial charge on any atom is -0.359 e. The molecule has 21 heavy (non-hydrogen) atoms. The van der Waals surface area contributed by atoms with Crippen LogP contribution in [0, 0.1) is 0 Å². The minimum absolute atomic E-state index is 0.0476. The first-order valence-electron chi connectivity index (χ1n) is 8.19. The molecule has 0 unspecified atom stereocenters. The van der Waals surface area contributed by atoms with Crippen molar-refractivity contribution in [3.8, 4) is 0 Å². The Balaban J connectivity index is 1.67. The molecule has 1 saturated heterocycles. The number of carbonyl (C=O) groups is 1. The van der Waals surface area contributed by atoms with E-state index in [1.807, 2.05) is 11.0 Å². The molecule has 2 heterocycles. The molecule has 2 fully saturated rings. The van der Waals surface area contributed by atoms with E-state index in [-0.39, 0.29) is 12.1 Å². The van der Waals surface area contributed by atoms with Crippen LogP contribution in [-0.2, 0) is 0 Å². The second-order valence-corrected chi connectivity index (χ2v) is 6.59. The summed E-state index contributed by atoms with van der Waals surface area (Å²) in [5.41, 5.74) is 0.966. The molecule has 1 saturated carbocycles. The number of hydrogen-bond donors (Lipinski definition) is 1. The Morgan fingerprint density at radius 1 is 1.33 bits per heavy atom. The summed E-state index contributed by atoms with van der Waals surface area (Å²) in [5, 5.41) is 7.30. The third-order valence-electron chi connectivity index (χ3n) is 4.66. The maximum atomic E-state index is 12.5. The maximum absolute atomic E-state index is 12.5. The van der Waals surface area contributed by atoms with Gasteiger partial charge in [0.25, 0.3) is 0 Å². The van der Waals surface area contributed by atoms with E-state index >= 15 is 0 Å². The zero-order valence-electron chi connectivity index (χ0n) is 13.0. The van der Waals surface area contributed by atoms with Crippen LogP contribution in [-0.4, -0.2) is 28.7 Å². The average molecular weight is 291 g/mol. The van der Waals surface area contributed by atoms with Gasteiger partial charge in [-0.05, 0) is 31.6 Å². The number of urea groups is 1. The SMILES string of the molecule is CC(C)c1cc([C@H]2CCCN2C(=O)NC2CCCC2)on1. The fraction of sp³-hybridized carbons (Fsp3) is 0.750. The van der Waals surface area contributed by atoms with Gasteiger partial charge in [-0.25, -0.2) is 4.79 Å². The molecule has 116 valence electrons. The van der Waals surface area contributed by atoms with Crippen LogP contribution in [0.3, 0.4) is 0 Å². The Morgan fingerprint density at radius 3 is 2.76 bits per heavy atom. The van der Waals surface area contributed by atoms with Crippen molar-refractivity contribution in [3.05, 3.63) is 17.5 Å². The fourth-order valence-corrected chi connectivity index (χ4v) is 3.37. The fourth-order valence-electron chi connectivity index (χ4n) is 3.37. The molecule has 0 bridgehead atoms. The summed E-state index contributed by atoms with van der Waals surface area (Å²) in [6, 6.07) is 2.48. The summed E-state index contributed by atoms with van der Waals surface area (Å²) in [6.45, 7) is 5.00. The normalized spacial score (nSPS) is 23.2. The average Bonchev–Trinajstić information content (AvgIpc) is 3.19. The molecule has 5 heteroatoms. The van der Waals surface area contributed by atoms with E-state index in [9.17, 15) is 4.79 Å². The van der Waals surface area contributed by atoms with Crippen LogP contribution in [0.15, 0.2) is 10.6 Å². The van der Waals surface area contributed by atoms with Crippen molar-refractivity contribution in [2.75, 3.05) is 6.54 Å². The molecule has 5 nitrogen and oxygen atoms in total. The molecular weight excluding hydrogens is 266 g/mol. The van der Waals surface area contributed by atoms with Crippen LogP contribution < -0.4 is 5.32 Å². The maximum Gasteiger partial charge on any atom is 0.318 e. The van der Waals surface area contributed by atoms with Gasteiger partial charge in [0.1, 0.15) is 0 Å². The molecule has 1 aromatic rings. The summed E-state index contributed by atoms with van der Waals surface area (Å²) in [6.07, 6.45) is 6.68. The van der Waals surface area contributed by atoms with Gasteiger partial charge in [0.15, 0.2) is 5.76 Å². The predicted molar refractivity (Wildman–Crippen MR) is 80.1 cm³/mol. The largest absolute Gasteiger partial charge is 0.359 e. The first-order valence-corrected chi connectivity index (χ1v) is 8.19. The van der Waals surface area contributed by atoms with Gasteiger partial charge >= 0.3 is 6.03 Å². The number of aromatic nitrogens is 1. The highest BCUT2D eigenvalue weighted by atomic mass is 16.5. The lowest BCUT2D eigenvalue weighted by Crippen LogP contribution is -2.43. The van der Waals surface area contributed by atoms with Crippen molar-refractivity contribution in [1.29, 1.82) is 0 Å². The first kappa shape index (κ1) is 14.4. The van der Waals surface area contributed by atoms with Crippen molar-refractivity contribution in [2.24, 2.45) is 0 Å². The number of hydrogen-bond acceptors (Lipinski definition) is 3. The number of amides is 2. The standard InChI is InChI=1S/C16H25N3O2/c1-11(2)13-10-15(21-18-13)14-8-5-9-19(14)16(20)17-12-6-3-4-7-12/h10-12,14H,3-9H2,1-2H3,(H,17,20)/t14-/m1/s1. The van der Waals surface area contributed by atoms with Gasteiger partial charge in [-0.3, -0.25) is 0 Å². The number of nitrogens with one attached hydrogen (secondary N) is 1. The van der Waals surface area contributed by atoms with Crippen LogP contribution in [0.2, 0.25) is 0 Å². The zero-order valence-corrected chi connectivity index (χ0v) is 13.0. The van der Waals surface area contributed by atoms with E-state index < -0.39 is 0 Å². The summed E-state index contributed by atoms with van der Waals surface area (Å²) in [5.74, 6) is 1.18. The van der Waals surface area contributed by atoms with Crippen molar-refractivity contribution < 1.29 is 9.32 Å². The highest BCUT2D eigenvalue weighted by Crippen LogP contribution is 2.33. The molecule has 1 aliphatic heterocycles. The van der Waals surface area contributed by atoms with Crippen molar-refractivity contribution in [3.63, 3.8) is 0 Å². The summed E-state index contributed by atoms with van der Waals surface area (Å²) in [4.78, 5) is 14.4. The molecule has 2 amide bonds. The number of carbonyl (C=O) groups excluding carboxylic acids is 1. The second kappa shape index (κ2) is 6.08. The van der Waals surface area contributed by atoms with Crippen molar-refractivity contribution >= 4 is 6.03 Å². The highest BCUT2D eigenvalue weighted by molar-refractivity contribution is 5.75. The molecule has 1 N–H and O–H groups in total. The molecule has 1 atom stereocenters. The lowest BCUT2D eigenvalue weighted by Gasteiger charge is -2.25. The van der Waals surface area contributed by atoms with Gasteiger partial charge < -0.3 is 14.7 Å². The molecule has 3 rings (SSSR count). The molecule has 1 aliphatic carbocycles. The predicted octanol–water partition coefficient (Wildman–Crippen LogP) is 3.59. The Hall–Kier alpha value is -1.52. The summed E-state index contributed by atoms with van der Waals surface area (Å²) >= 11 is 0. The molecule has 0 spiro atoms. The third-order valence-corrected chi connectivity index (χ3v) is 4.66. The van der Waals surface area contributed by atoms with E-state index in [4.69, 9.17) is 4.52 Å². The van der Waals surface area contributed by atoms with Crippen molar-refractivity contribution in [2.45, 2.75) is 70.4 Å². The smallest absolute Gasteiger partial charge is 0.318 e. The lowest BCUT2D eigenvalue weighted by molar-refractivity contribution is 0.178. The van der Waals surface area contributed by atoms with Crippen LogP contribution in [0.4, 0.5) is 4.79 Å². The first-order chi connectivity index (χ1) is 10.1. The van der Waals surface area contributed by atoms with E-state index in [1.165, 1.54) is 12.8 Å². The summed E-state index contributed by atoms with van der Waals surface area (Å²) in [7, 11) is 0. The third kappa shape index (κ3) is 3.06. The zero-order chi connectivity index (χ0) is 14.8. The number of rotatable bonds is 3. The van der Waals surface area contributed by atoms with E-state index in [1.54, 1.807) is 0 Å². The van der Waals surface area contributed by atoms with Gasteiger partial charge in [-0.1, -0.05) is 31.8 Å². The Bertz CT molecular complexity index is 491. The van der Waals surface area contributed by atoms with Gasteiger partial charge in [-0.15, -0.1) is 0 Å². The minimum atomic E-state index is 0.0476. The molecule has 0 radical (unpaired) electrons. The van der Waals surface area contributed by atoms with Crippen LogP contribution in [0.5, 0.6) is 0 Å². The lowest BCUT2D eigenvalue weighted by atomic mass is 10.1. The Kier molecular flexibility index (Phi) is 4.17. The topological polar surface area (TPSA) is 58.4 Å². The number of likely N-dealkylation sites (tertiary alicyclic amines) is 1. The van der Waals surface area contributed by atoms with Crippen LogP contribution >= 0.6 is 0 Å².